The second kappa shape index (κ2) is 11.0. The first-order chi connectivity index (χ1) is 24.3. The van der Waals surface area contributed by atoms with E-state index in [1.807, 2.05) is 24.3 Å². The van der Waals surface area contributed by atoms with Crippen LogP contribution >= 0.6 is 0 Å². The van der Waals surface area contributed by atoms with Crippen molar-refractivity contribution < 1.29 is 0 Å². The molecule has 0 unspecified atom stereocenters. The average Bonchev–Trinajstić information content (AvgIpc) is 3.51. The lowest BCUT2D eigenvalue weighted by atomic mass is 9.91. The highest BCUT2D eigenvalue weighted by molar-refractivity contribution is 6.29. The van der Waals surface area contributed by atoms with E-state index >= 15 is 0 Å². The molecule has 0 atom stereocenters. The molecular formula is C46H29N3. The van der Waals surface area contributed by atoms with Crippen LogP contribution in [0.25, 0.3) is 93.7 Å². The zero-order chi connectivity index (χ0) is 32.3. The van der Waals surface area contributed by atoms with Gasteiger partial charge in [0.1, 0.15) is 0 Å². The molecular weight excluding hydrogens is 595 g/mol. The van der Waals surface area contributed by atoms with Gasteiger partial charge in [0.2, 0.25) is 0 Å². The lowest BCUT2D eigenvalue weighted by molar-refractivity contribution is 1.18. The highest BCUT2D eigenvalue weighted by atomic mass is 15.0. The van der Waals surface area contributed by atoms with E-state index in [4.69, 9.17) is 9.97 Å². The molecule has 0 saturated heterocycles. The Bertz CT molecular complexity index is 2800. The highest BCUT2D eigenvalue weighted by Crippen LogP contribution is 2.42. The summed E-state index contributed by atoms with van der Waals surface area (Å²) >= 11 is 0. The fourth-order valence-corrected chi connectivity index (χ4v) is 7.50. The monoisotopic (exact) mass is 623 g/mol. The van der Waals surface area contributed by atoms with Gasteiger partial charge >= 0.3 is 0 Å². The van der Waals surface area contributed by atoms with Crippen molar-refractivity contribution in [3.05, 3.63) is 176 Å². The largest absolute Gasteiger partial charge is 0.309 e. The summed E-state index contributed by atoms with van der Waals surface area (Å²) in [5, 5.41) is 9.94. The number of hydrogen-bond donors (Lipinski definition) is 0. The SMILES string of the molecule is c1ccc(-c2cc(-c3ccc4c(c3)c3ccccc3c3cc5c6ccccc6n(-c6ccccc6)c5cc43)nc(-c3ccccc3)n2)cc1. The normalized spacial score (nSPS) is 11.7. The minimum absolute atomic E-state index is 0.719. The molecule has 0 amide bonds. The van der Waals surface area contributed by atoms with Crippen molar-refractivity contribution in [2.24, 2.45) is 0 Å². The summed E-state index contributed by atoms with van der Waals surface area (Å²) in [5.41, 5.74) is 8.51. The standard InChI is InChI=1S/C46H29N3/c1-4-14-30(15-5-1)42-29-43(48-46(47-42)31-16-6-2-7-17-31)32-24-25-36-38(26-32)34-20-10-11-21-35(34)39-27-41-37-22-12-13-23-44(37)49(45(41)28-40(36)39)33-18-8-3-9-19-33/h1-29H. The summed E-state index contributed by atoms with van der Waals surface area (Å²) in [6.45, 7) is 0. The zero-order valence-electron chi connectivity index (χ0n) is 26.6. The predicted octanol–water partition coefficient (Wildman–Crippen LogP) is 12.0. The van der Waals surface area contributed by atoms with Crippen molar-refractivity contribution in [2.45, 2.75) is 0 Å². The maximum atomic E-state index is 5.14. The number of aromatic nitrogens is 3. The summed E-state index contributed by atoms with van der Waals surface area (Å²) in [7, 11) is 0. The summed E-state index contributed by atoms with van der Waals surface area (Å²) < 4.78 is 2.40. The number of fused-ring (bicyclic) bond motifs is 9. The van der Waals surface area contributed by atoms with Gasteiger partial charge < -0.3 is 4.57 Å². The topological polar surface area (TPSA) is 30.7 Å². The molecule has 3 heteroatoms. The van der Waals surface area contributed by atoms with Gasteiger partial charge in [0.15, 0.2) is 5.82 Å². The van der Waals surface area contributed by atoms with Crippen molar-refractivity contribution in [1.82, 2.24) is 14.5 Å². The first-order valence-corrected chi connectivity index (χ1v) is 16.7. The van der Waals surface area contributed by atoms with Gasteiger partial charge in [0.25, 0.3) is 0 Å². The Morgan fingerprint density at radius 1 is 0.306 bits per heavy atom. The Morgan fingerprint density at radius 2 is 0.837 bits per heavy atom. The second-order valence-corrected chi connectivity index (χ2v) is 12.6. The molecule has 0 radical (unpaired) electrons. The van der Waals surface area contributed by atoms with Crippen LogP contribution < -0.4 is 0 Å². The van der Waals surface area contributed by atoms with Gasteiger partial charge in [-0.25, -0.2) is 9.97 Å². The molecule has 0 aliphatic carbocycles. The molecule has 2 heterocycles. The summed E-state index contributed by atoms with van der Waals surface area (Å²) in [6.07, 6.45) is 0. The number of nitrogens with zero attached hydrogens (tertiary/aromatic N) is 3. The van der Waals surface area contributed by atoms with Gasteiger partial charge in [-0.3, -0.25) is 0 Å². The van der Waals surface area contributed by atoms with Crippen LogP contribution in [-0.2, 0) is 0 Å². The van der Waals surface area contributed by atoms with Gasteiger partial charge in [-0.2, -0.15) is 0 Å². The molecule has 0 bridgehead atoms. The molecule has 0 aliphatic heterocycles. The minimum atomic E-state index is 0.719. The number of rotatable bonds is 4. The van der Waals surface area contributed by atoms with Crippen molar-refractivity contribution in [2.75, 3.05) is 0 Å². The highest BCUT2D eigenvalue weighted by Gasteiger charge is 2.17. The molecule has 10 aromatic rings. The van der Waals surface area contributed by atoms with Crippen LogP contribution in [0.4, 0.5) is 0 Å². The fraction of sp³-hybridized carbons (Fsp3) is 0. The molecule has 228 valence electrons. The predicted molar refractivity (Wildman–Crippen MR) is 205 cm³/mol. The molecule has 2 aromatic heterocycles. The van der Waals surface area contributed by atoms with Crippen LogP contribution in [0.1, 0.15) is 0 Å². The third-order valence-electron chi connectivity index (χ3n) is 9.77. The Kier molecular flexibility index (Phi) is 6.18. The smallest absolute Gasteiger partial charge is 0.160 e. The van der Waals surface area contributed by atoms with Crippen molar-refractivity contribution >= 4 is 54.1 Å². The average molecular weight is 624 g/mol. The zero-order valence-corrected chi connectivity index (χ0v) is 26.6. The van der Waals surface area contributed by atoms with Crippen LogP contribution in [0.3, 0.4) is 0 Å². The van der Waals surface area contributed by atoms with Crippen LogP contribution in [0.15, 0.2) is 176 Å². The lowest BCUT2D eigenvalue weighted by Crippen LogP contribution is -1.96. The van der Waals surface area contributed by atoms with Crippen LogP contribution in [0, 0.1) is 0 Å². The van der Waals surface area contributed by atoms with Gasteiger partial charge in [-0.05, 0) is 74.8 Å². The Labute approximate surface area is 283 Å². The van der Waals surface area contributed by atoms with E-state index in [0.29, 0.717) is 0 Å². The maximum Gasteiger partial charge on any atom is 0.160 e. The van der Waals surface area contributed by atoms with E-state index < -0.39 is 0 Å². The van der Waals surface area contributed by atoms with Gasteiger partial charge in [-0.1, -0.05) is 133 Å². The van der Waals surface area contributed by atoms with Crippen molar-refractivity contribution in [3.8, 4) is 39.6 Å². The lowest BCUT2D eigenvalue weighted by Gasteiger charge is -2.14. The molecule has 8 aromatic carbocycles. The van der Waals surface area contributed by atoms with Crippen LogP contribution in [-0.4, -0.2) is 14.5 Å². The first-order valence-electron chi connectivity index (χ1n) is 16.7. The maximum absolute atomic E-state index is 5.14. The fourth-order valence-electron chi connectivity index (χ4n) is 7.50. The Balaban J connectivity index is 1.26. The third-order valence-corrected chi connectivity index (χ3v) is 9.77. The second-order valence-electron chi connectivity index (χ2n) is 12.6. The number of hydrogen-bond acceptors (Lipinski definition) is 2. The van der Waals surface area contributed by atoms with Gasteiger partial charge in [0, 0.05) is 33.2 Å². The van der Waals surface area contributed by atoms with Crippen LogP contribution in [0.2, 0.25) is 0 Å². The molecule has 0 saturated carbocycles. The quantitative estimate of drug-likeness (QED) is 0.183. The molecule has 0 N–H and O–H groups in total. The first kappa shape index (κ1) is 27.5. The molecule has 10 rings (SSSR count). The van der Waals surface area contributed by atoms with Crippen molar-refractivity contribution in [1.29, 1.82) is 0 Å². The van der Waals surface area contributed by atoms with Crippen molar-refractivity contribution in [3.63, 3.8) is 0 Å². The molecule has 0 spiro atoms. The summed E-state index contributed by atoms with van der Waals surface area (Å²) in [4.78, 5) is 10.2. The van der Waals surface area contributed by atoms with E-state index in [0.717, 1.165) is 39.6 Å². The van der Waals surface area contributed by atoms with Gasteiger partial charge in [-0.15, -0.1) is 0 Å². The third kappa shape index (κ3) is 4.44. The number of benzene rings is 8. The summed E-state index contributed by atoms with van der Waals surface area (Å²) in [5.74, 6) is 0.719. The van der Waals surface area contributed by atoms with Gasteiger partial charge in [0.05, 0.1) is 22.4 Å². The number of para-hydroxylation sites is 2. The van der Waals surface area contributed by atoms with E-state index in [1.54, 1.807) is 0 Å². The van der Waals surface area contributed by atoms with Crippen LogP contribution in [0.5, 0.6) is 0 Å². The van der Waals surface area contributed by atoms with E-state index in [9.17, 15) is 0 Å². The Hall–Kier alpha value is -6.58. The summed E-state index contributed by atoms with van der Waals surface area (Å²) in [6, 6.07) is 62.6. The Morgan fingerprint density at radius 3 is 1.55 bits per heavy atom. The van der Waals surface area contributed by atoms with E-state index in [2.05, 4.69) is 156 Å². The molecule has 0 aliphatic rings. The minimum Gasteiger partial charge on any atom is -0.309 e. The molecule has 0 fully saturated rings. The van der Waals surface area contributed by atoms with E-state index in [-0.39, 0.29) is 0 Å². The molecule has 3 nitrogen and oxygen atoms in total. The molecule has 49 heavy (non-hydrogen) atoms. The van der Waals surface area contributed by atoms with E-state index in [1.165, 1.54) is 54.1 Å².